The quantitative estimate of drug-likeness (QED) is 0.242. The minimum absolute atomic E-state index is 0.0419. The first-order chi connectivity index (χ1) is 15.0. The SMILES string of the molecule is CCC(C)C(NC(=O)C(C)N)C(=O)NC(Cc1cnc[nH]1)C(=O)NC(CC(C)C)C(=O)O. The minimum atomic E-state index is -1.15. The molecule has 1 heterocycles. The minimum Gasteiger partial charge on any atom is -0.480 e. The van der Waals surface area contributed by atoms with Gasteiger partial charge in [-0.15, -0.1) is 0 Å². The molecule has 5 atom stereocenters. The second-order valence-corrected chi connectivity index (χ2v) is 8.53. The van der Waals surface area contributed by atoms with Gasteiger partial charge in [0.2, 0.25) is 17.7 Å². The molecule has 3 amide bonds. The van der Waals surface area contributed by atoms with Crippen LogP contribution in [0.25, 0.3) is 0 Å². The molecule has 0 fully saturated rings. The van der Waals surface area contributed by atoms with Crippen LogP contribution in [0.5, 0.6) is 0 Å². The lowest BCUT2D eigenvalue weighted by Crippen LogP contribution is -2.59. The summed E-state index contributed by atoms with van der Waals surface area (Å²) in [6.07, 6.45) is 3.87. The largest absolute Gasteiger partial charge is 0.480 e. The number of imidazole rings is 1. The molecule has 11 nitrogen and oxygen atoms in total. The summed E-state index contributed by atoms with van der Waals surface area (Å²) in [5.74, 6) is -3.00. The highest BCUT2D eigenvalue weighted by Crippen LogP contribution is 2.11. The zero-order chi connectivity index (χ0) is 24.4. The molecule has 0 saturated carbocycles. The lowest BCUT2D eigenvalue weighted by molar-refractivity contribution is -0.142. The highest BCUT2D eigenvalue weighted by atomic mass is 16.4. The Morgan fingerprint density at radius 1 is 1.03 bits per heavy atom. The van der Waals surface area contributed by atoms with Crippen molar-refractivity contribution in [2.24, 2.45) is 17.6 Å². The Morgan fingerprint density at radius 3 is 2.12 bits per heavy atom. The van der Waals surface area contributed by atoms with E-state index in [4.69, 9.17) is 5.73 Å². The van der Waals surface area contributed by atoms with Crippen molar-refractivity contribution in [3.05, 3.63) is 18.2 Å². The van der Waals surface area contributed by atoms with Gasteiger partial charge in [0, 0.05) is 18.3 Å². The number of carboxylic acids is 1. The monoisotopic (exact) mass is 452 g/mol. The number of nitrogens with zero attached hydrogens (tertiary/aromatic N) is 1. The average molecular weight is 453 g/mol. The number of rotatable bonds is 13. The number of aromatic amines is 1. The zero-order valence-electron chi connectivity index (χ0n) is 19.3. The van der Waals surface area contributed by atoms with Crippen molar-refractivity contribution < 1.29 is 24.3 Å². The van der Waals surface area contributed by atoms with E-state index in [1.807, 2.05) is 20.8 Å². The number of nitrogens with one attached hydrogen (secondary N) is 4. The second-order valence-electron chi connectivity index (χ2n) is 8.53. The first-order valence-electron chi connectivity index (χ1n) is 10.8. The summed E-state index contributed by atoms with van der Waals surface area (Å²) in [4.78, 5) is 56.5. The topological polar surface area (TPSA) is 179 Å². The van der Waals surface area contributed by atoms with Gasteiger partial charge in [-0.1, -0.05) is 34.1 Å². The van der Waals surface area contributed by atoms with Crippen LogP contribution in [0.3, 0.4) is 0 Å². The zero-order valence-corrected chi connectivity index (χ0v) is 19.3. The molecule has 0 aliphatic carbocycles. The van der Waals surface area contributed by atoms with Gasteiger partial charge in [0.05, 0.1) is 12.4 Å². The van der Waals surface area contributed by atoms with Crippen molar-refractivity contribution in [3.8, 4) is 0 Å². The number of carboxylic acid groups (broad SMARTS) is 1. The number of aromatic nitrogens is 2. The highest BCUT2D eigenvalue weighted by molar-refractivity contribution is 5.94. The van der Waals surface area contributed by atoms with E-state index >= 15 is 0 Å². The summed E-state index contributed by atoms with van der Waals surface area (Å²) in [7, 11) is 0. The van der Waals surface area contributed by atoms with Gasteiger partial charge in [-0.3, -0.25) is 14.4 Å². The molecule has 0 spiro atoms. The first kappa shape index (κ1) is 27.1. The highest BCUT2D eigenvalue weighted by Gasteiger charge is 2.32. The molecule has 0 saturated heterocycles. The van der Waals surface area contributed by atoms with Crippen molar-refractivity contribution in [2.45, 2.75) is 78.0 Å². The van der Waals surface area contributed by atoms with E-state index in [9.17, 15) is 24.3 Å². The second kappa shape index (κ2) is 12.8. The Hall–Kier alpha value is -2.95. The normalized spacial score (nSPS) is 15.8. The van der Waals surface area contributed by atoms with Gasteiger partial charge in [0.25, 0.3) is 0 Å². The molecule has 1 aromatic heterocycles. The van der Waals surface area contributed by atoms with E-state index in [2.05, 4.69) is 25.9 Å². The molecule has 180 valence electrons. The third-order valence-corrected chi connectivity index (χ3v) is 5.14. The number of carbonyl (C=O) groups is 4. The number of aliphatic carboxylic acids is 1. The number of hydrogen-bond acceptors (Lipinski definition) is 6. The summed E-state index contributed by atoms with van der Waals surface area (Å²) >= 11 is 0. The smallest absolute Gasteiger partial charge is 0.326 e. The molecular formula is C21H36N6O5. The van der Waals surface area contributed by atoms with Crippen LogP contribution in [0.2, 0.25) is 0 Å². The van der Waals surface area contributed by atoms with Crippen molar-refractivity contribution >= 4 is 23.7 Å². The Balaban J connectivity index is 3.07. The Labute approximate surface area is 188 Å². The number of carbonyl (C=O) groups excluding carboxylic acids is 3. The molecule has 0 bridgehead atoms. The Bertz CT molecular complexity index is 765. The summed E-state index contributed by atoms with van der Waals surface area (Å²) in [5.41, 5.74) is 6.20. The van der Waals surface area contributed by atoms with Crippen molar-refractivity contribution in [1.82, 2.24) is 25.9 Å². The molecule has 0 aromatic carbocycles. The molecule has 0 aliphatic heterocycles. The van der Waals surface area contributed by atoms with Crippen LogP contribution in [0.1, 0.15) is 53.2 Å². The van der Waals surface area contributed by atoms with E-state index in [1.165, 1.54) is 19.4 Å². The van der Waals surface area contributed by atoms with Gasteiger partial charge in [0.1, 0.15) is 18.1 Å². The van der Waals surface area contributed by atoms with E-state index in [0.29, 0.717) is 12.1 Å². The van der Waals surface area contributed by atoms with Crippen LogP contribution in [-0.2, 0) is 25.6 Å². The van der Waals surface area contributed by atoms with Crippen LogP contribution < -0.4 is 21.7 Å². The van der Waals surface area contributed by atoms with Gasteiger partial charge in [-0.05, 0) is 25.2 Å². The summed E-state index contributed by atoms with van der Waals surface area (Å²) < 4.78 is 0. The summed E-state index contributed by atoms with van der Waals surface area (Å²) in [5, 5.41) is 17.3. The van der Waals surface area contributed by atoms with Gasteiger partial charge in [0.15, 0.2) is 0 Å². The van der Waals surface area contributed by atoms with Gasteiger partial charge < -0.3 is 31.8 Å². The number of nitrogens with two attached hydrogens (primary N) is 1. The molecule has 1 rings (SSSR count). The number of hydrogen-bond donors (Lipinski definition) is 6. The fraction of sp³-hybridized carbons (Fsp3) is 0.667. The lowest BCUT2D eigenvalue weighted by atomic mass is 9.97. The predicted octanol–water partition coefficient (Wildman–Crippen LogP) is -0.0694. The molecule has 0 aliphatic rings. The van der Waals surface area contributed by atoms with Crippen LogP contribution >= 0.6 is 0 Å². The fourth-order valence-electron chi connectivity index (χ4n) is 3.04. The van der Waals surface area contributed by atoms with Crippen molar-refractivity contribution in [3.63, 3.8) is 0 Å². The van der Waals surface area contributed by atoms with Gasteiger partial charge >= 0.3 is 5.97 Å². The maximum Gasteiger partial charge on any atom is 0.326 e. The van der Waals surface area contributed by atoms with Crippen molar-refractivity contribution in [1.29, 1.82) is 0 Å². The first-order valence-corrected chi connectivity index (χ1v) is 10.8. The van der Waals surface area contributed by atoms with Crippen LogP contribution in [-0.4, -0.2) is 62.9 Å². The predicted molar refractivity (Wildman–Crippen MR) is 118 cm³/mol. The Morgan fingerprint density at radius 2 is 1.66 bits per heavy atom. The molecule has 1 aromatic rings. The molecular weight excluding hydrogens is 416 g/mol. The molecule has 5 unspecified atom stereocenters. The van der Waals surface area contributed by atoms with E-state index in [-0.39, 0.29) is 24.7 Å². The molecule has 11 heteroatoms. The summed E-state index contributed by atoms with van der Waals surface area (Å²) in [6, 6.07) is -3.87. The summed E-state index contributed by atoms with van der Waals surface area (Å²) in [6.45, 7) is 8.89. The maximum atomic E-state index is 13.1. The lowest BCUT2D eigenvalue weighted by Gasteiger charge is -2.27. The standard InChI is InChI=1S/C21H36N6O5/c1-6-12(4)17(27-18(28)13(5)22)20(30)25-15(8-14-9-23-10-24-14)19(29)26-16(21(31)32)7-11(2)3/h9-13,15-17H,6-8,22H2,1-5H3,(H,23,24)(H,25,30)(H,26,29)(H,27,28)(H,31,32). The third kappa shape index (κ3) is 8.66. The van der Waals surface area contributed by atoms with E-state index in [1.54, 1.807) is 6.92 Å². The van der Waals surface area contributed by atoms with Crippen LogP contribution in [0, 0.1) is 11.8 Å². The van der Waals surface area contributed by atoms with Crippen molar-refractivity contribution in [2.75, 3.05) is 0 Å². The van der Waals surface area contributed by atoms with E-state index in [0.717, 1.165) is 0 Å². The number of H-pyrrole nitrogens is 1. The van der Waals surface area contributed by atoms with Gasteiger partial charge in [-0.2, -0.15) is 0 Å². The third-order valence-electron chi connectivity index (χ3n) is 5.14. The van der Waals surface area contributed by atoms with E-state index < -0.39 is 47.9 Å². The van der Waals surface area contributed by atoms with Crippen LogP contribution in [0.15, 0.2) is 12.5 Å². The molecule has 0 radical (unpaired) electrons. The average Bonchev–Trinajstić information content (AvgIpc) is 3.22. The fourth-order valence-corrected chi connectivity index (χ4v) is 3.04. The van der Waals surface area contributed by atoms with Gasteiger partial charge in [-0.25, -0.2) is 9.78 Å². The number of amides is 3. The molecule has 32 heavy (non-hydrogen) atoms. The maximum absolute atomic E-state index is 13.1. The van der Waals surface area contributed by atoms with Crippen LogP contribution in [0.4, 0.5) is 0 Å². The molecule has 7 N–H and O–H groups in total. The Kier molecular flexibility index (Phi) is 10.8.